The van der Waals surface area contributed by atoms with Gasteiger partial charge in [-0.05, 0) is 37.6 Å². The minimum absolute atomic E-state index is 0.0192. The number of hydrogen-bond acceptors (Lipinski definition) is 6. The van der Waals surface area contributed by atoms with Gasteiger partial charge in [0.25, 0.3) is 5.91 Å². The SMILES string of the molecule is CCOP(=O)(OCC)[C@H](NC(=O)c1cccc(S(=O)(=O)N(C)C)c1)c1ccccc1. The molecule has 1 amide bonds. The third-order valence-corrected chi connectivity index (χ3v) is 8.30. The second-order valence-electron chi connectivity index (χ2n) is 6.48. The summed E-state index contributed by atoms with van der Waals surface area (Å²) in [6.45, 7) is 3.64. The normalized spacial score (nSPS) is 13.2. The third kappa shape index (κ3) is 5.56. The molecule has 0 bridgehead atoms. The van der Waals surface area contributed by atoms with E-state index in [0.717, 1.165) is 4.31 Å². The summed E-state index contributed by atoms with van der Waals surface area (Å²) in [4.78, 5) is 13.0. The average molecular weight is 454 g/mol. The van der Waals surface area contributed by atoms with Gasteiger partial charge in [0.15, 0.2) is 5.78 Å². The van der Waals surface area contributed by atoms with Gasteiger partial charge in [0.05, 0.1) is 18.1 Å². The van der Waals surface area contributed by atoms with E-state index in [1.54, 1.807) is 44.2 Å². The first-order valence-electron chi connectivity index (χ1n) is 9.43. The maximum absolute atomic E-state index is 13.4. The fourth-order valence-electron chi connectivity index (χ4n) is 2.74. The van der Waals surface area contributed by atoms with Gasteiger partial charge in [0.1, 0.15) is 0 Å². The molecule has 0 aliphatic carbocycles. The molecule has 0 unspecified atom stereocenters. The number of nitrogens with one attached hydrogen (secondary N) is 1. The predicted octanol–water partition coefficient (Wildman–Crippen LogP) is 3.63. The Bertz CT molecular complexity index is 1000. The zero-order valence-electron chi connectivity index (χ0n) is 17.4. The van der Waals surface area contributed by atoms with E-state index in [0.29, 0.717) is 5.56 Å². The van der Waals surface area contributed by atoms with Crippen molar-refractivity contribution in [3.63, 3.8) is 0 Å². The number of rotatable bonds is 10. The summed E-state index contributed by atoms with van der Waals surface area (Å²) < 4.78 is 50.2. The second-order valence-corrected chi connectivity index (χ2v) is 10.7. The lowest BCUT2D eigenvalue weighted by atomic mass is 10.2. The summed E-state index contributed by atoms with van der Waals surface area (Å²) in [6, 6.07) is 14.4. The zero-order chi connectivity index (χ0) is 22.4. The third-order valence-electron chi connectivity index (χ3n) is 4.19. The van der Waals surface area contributed by atoms with Crippen LogP contribution in [-0.4, -0.2) is 45.9 Å². The number of benzene rings is 2. The summed E-state index contributed by atoms with van der Waals surface area (Å²) in [5.74, 6) is -1.65. The highest BCUT2D eigenvalue weighted by atomic mass is 32.2. The molecule has 0 heterocycles. The van der Waals surface area contributed by atoms with Gasteiger partial charge in [-0.2, -0.15) is 0 Å². The first-order chi connectivity index (χ1) is 14.2. The van der Waals surface area contributed by atoms with Crippen molar-refractivity contribution in [3.05, 3.63) is 65.7 Å². The van der Waals surface area contributed by atoms with Crippen LogP contribution in [0.1, 0.15) is 35.6 Å². The zero-order valence-corrected chi connectivity index (χ0v) is 19.2. The molecule has 1 atom stereocenters. The summed E-state index contributed by atoms with van der Waals surface area (Å²) in [6.07, 6.45) is 0. The van der Waals surface area contributed by atoms with Crippen molar-refractivity contribution in [2.45, 2.75) is 24.5 Å². The van der Waals surface area contributed by atoms with Gasteiger partial charge < -0.3 is 14.4 Å². The van der Waals surface area contributed by atoms with Crippen molar-refractivity contribution in [2.75, 3.05) is 27.3 Å². The molecule has 1 N–H and O–H groups in total. The van der Waals surface area contributed by atoms with Crippen LogP contribution in [0.2, 0.25) is 0 Å². The van der Waals surface area contributed by atoms with Crippen molar-refractivity contribution < 1.29 is 26.8 Å². The molecule has 2 aromatic carbocycles. The maximum atomic E-state index is 13.4. The lowest BCUT2D eigenvalue weighted by Gasteiger charge is -2.27. The van der Waals surface area contributed by atoms with Crippen molar-refractivity contribution in [2.24, 2.45) is 0 Å². The smallest absolute Gasteiger partial charge is 0.334 e. The molecule has 2 rings (SSSR count). The molecular weight excluding hydrogens is 427 g/mol. The topological polar surface area (TPSA) is 102 Å². The number of sulfonamides is 1. The Labute approximate surface area is 177 Å². The van der Waals surface area contributed by atoms with E-state index in [1.807, 2.05) is 0 Å². The van der Waals surface area contributed by atoms with E-state index < -0.39 is 29.3 Å². The van der Waals surface area contributed by atoms with E-state index >= 15 is 0 Å². The number of carbonyl (C=O) groups excluding carboxylic acids is 1. The number of hydrogen-bond donors (Lipinski definition) is 1. The number of amides is 1. The highest BCUT2D eigenvalue weighted by Crippen LogP contribution is 2.59. The summed E-state index contributed by atoms with van der Waals surface area (Å²) in [5, 5.41) is 2.71. The van der Waals surface area contributed by atoms with E-state index in [9.17, 15) is 17.8 Å². The highest BCUT2D eigenvalue weighted by Gasteiger charge is 2.38. The number of nitrogens with zero attached hydrogens (tertiary/aromatic N) is 1. The van der Waals surface area contributed by atoms with Crippen molar-refractivity contribution in [1.82, 2.24) is 9.62 Å². The Kier molecular flexibility index (Phi) is 8.34. The maximum Gasteiger partial charge on any atom is 0.357 e. The van der Waals surface area contributed by atoms with Crippen LogP contribution >= 0.6 is 7.60 Å². The van der Waals surface area contributed by atoms with Crippen LogP contribution in [0.3, 0.4) is 0 Å². The molecule has 0 fully saturated rings. The monoisotopic (exact) mass is 454 g/mol. The van der Waals surface area contributed by atoms with Crippen molar-refractivity contribution >= 4 is 23.5 Å². The van der Waals surface area contributed by atoms with Gasteiger partial charge in [0, 0.05) is 19.7 Å². The van der Waals surface area contributed by atoms with Gasteiger partial charge >= 0.3 is 7.60 Å². The standard InChI is InChI=1S/C20H27N2O6PS/c1-5-27-29(24,28-6-2)20(16-11-8-7-9-12-16)21-19(23)17-13-10-14-18(15-17)30(25,26)22(3)4/h7-15,20H,5-6H2,1-4H3,(H,21,23)/t20-/m0/s1. The molecule has 30 heavy (non-hydrogen) atoms. The minimum Gasteiger partial charge on any atom is -0.334 e. The first-order valence-corrected chi connectivity index (χ1v) is 12.5. The van der Waals surface area contributed by atoms with E-state index in [-0.39, 0.29) is 23.7 Å². The van der Waals surface area contributed by atoms with Crippen LogP contribution in [0.15, 0.2) is 59.5 Å². The van der Waals surface area contributed by atoms with Gasteiger partial charge in [-0.25, -0.2) is 12.7 Å². The van der Waals surface area contributed by atoms with Gasteiger partial charge in [-0.1, -0.05) is 36.4 Å². The highest BCUT2D eigenvalue weighted by molar-refractivity contribution is 7.89. The molecule has 164 valence electrons. The predicted molar refractivity (Wildman–Crippen MR) is 115 cm³/mol. The lowest BCUT2D eigenvalue weighted by Crippen LogP contribution is -2.30. The molecule has 10 heteroatoms. The fourth-order valence-corrected chi connectivity index (χ4v) is 5.60. The fraction of sp³-hybridized carbons (Fsp3) is 0.350. The van der Waals surface area contributed by atoms with Crippen LogP contribution in [0.25, 0.3) is 0 Å². The summed E-state index contributed by atoms with van der Waals surface area (Å²) in [5.41, 5.74) is 0.659. The van der Waals surface area contributed by atoms with Crippen molar-refractivity contribution in [3.8, 4) is 0 Å². The van der Waals surface area contributed by atoms with Crippen LogP contribution < -0.4 is 5.32 Å². The molecule has 0 saturated heterocycles. The second kappa shape index (κ2) is 10.3. The largest absolute Gasteiger partial charge is 0.357 e. The Morgan fingerprint density at radius 2 is 1.63 bits per heavy atom. The molecular formula is C20H27N2O6PS. The summed E-state index contributed by atoms with van der Waals surface area (Å²) >= 11 is 0. The van der Waals surface area contributed by atoms with Crippen LogP contribution in [0.4, 0.5) is 0 Å². The van der Waals surface area contributed by atoms with Crippen LogP contribution in [-0.2, 0) is 23.6 Å². The molecule has 0 radical (unpaired) electrons. The molecule has 0 aromatic heterocycles. The molecule has 0 aliphatic heterocycles. The molecule has 0 saturated carbocycles. The average Bonchev–Trinajstić information content (AvgIpc) is 2.72. The van der Waals surface area contributed by atoms with Crippen molar-refractivity contribution in [1.29, 1.82) is 0 Å². The Morgan fingerprint density at radius 1 is 1.03 bits per heavy atom. The van der Waals surface area contributed by atoms with E-state index in [4.69, 9.17) is 9.05 Å². The molecule has 8 nitrogen and oxygen atoms in total. The lowest BCUT2D eigenvalue weighted by molar-refractivity contribution is 0.0937. The molecule has 2 aromatic rings. The Morgan fingerprint density at radius 3 is 2.17 bits per heavy atom. The summed E-state index contributed by atoms with van der Waals surface area (Å²) in [7, 11) is -4.63. The van der Waals surface area contributed by atoms with Gasteiger partial charge in [-0.15, -0.1) is 0 Å². The molecule has 0 aliphatic rings. The van der Waals surface area contributed by atoms with E-state index in [1.165, 1.54) is 38.4 Å². The van der Waals surface area contributed by atoms with Crippen LogP contribution in [0, 0.1) is 0 Å². The van der Waals surface area contributed by atoms with Gasteiger partial charge in [-0.3, -0.25) is 9.36 Å². The van der Waals surface area contributed by atoms with Gasteiger partial charge in [0.2, 0.25) is 10.0 Å². The van der Waals surface area contributed by atoms with E-state index in [2.05, 4.69) is 5.32 Å². The van der Waals surface area contributed by atoms with Crippen LogP contribution in [0.5, 0.6) is 0 Å². The first kappa shape index (κ1) is 24.2. The quantitative estimate of drug-likeness (QED) is 0.550. The molecule has 0 spiro atoms. The minimum atomic E-state index is -3.74. The Balaban J connectivity index is 2.44. The Hall–Kier alpha value is -2.03. The number of carbonyl (C=O) groups is 1.